The summed E-state index contributed by atoms with van der Waals surface area (Å²) in [7, 11) is 1.75. The number of carbonyl (C=O) groups is 2. The van der Waals surface area contributed by atoms with E-state index in [4.69, 9.17) is 0 Å². The van der Waals surface area contributed by atoms with Crippen LogP contribution >= 0.6 is 11.3 Å². The third kappa shape index (κ3) is 3.08. The number of amides is 1. The maximum atomic E-state index is 11.9. The highest BCUT2D eigenvalue weighted by Gasteiger charge is 2.19. The summed E-state index contributed by atoms with van der Waals surface area (Å²) in [6, 6.07) is 3.87. The number of rotatable bonds is 5. The van der Waals surface area contributed by atoms with Crippen molar-refractivity contribution in [2.75, 3.05) is 0 Å². The third-order valence-electron chi connectivity index (χ3n) is 3.08. The number of aromatic nitrogens is 1. The van der Waals surface area contributed by atoms with E-state index in [1.54, 1.807) is 36.1 Å². The molecule has 0 saturated heterocycles. The van der Waals surface area contributed by atoms with Gasteiger partial charge in [0.15, 0.2) is 0 Å². The van der Waals surface area contributed by atoms with Crippen LogP contribution in [0.4, 0.5) is 0 Å². The number of carboxylic acid groups (broad SMARTS) is 1. The van der Waals surface area contributed by atoms with Gasteiger partial charge in [-0.1, -0.05) is 6.07 Å². The minimum absolute atomic E-state index is 0.0668. The van der Waals surface area contributed by atoms with Crippen LogP contribution in [0.15, 0.2) is 23.7 Å². The van der Waals surface area contributed by atoms with Crippen molar-refractivity contribution in [1.29, 1.82) is 0 Å². The van der Waals surface area contributed by atoms with Crippen molar-refractivity contribution in [1.82, 2.24) is 9.88 Å². The zero-order chi connectivity index (χ0) is 14.7. The number of nitrogens with zero attached hydrogens (tertiary/aromatic N) is 1. The topological polar surface area (TPSA) is 71.3 Å². The van der Waals surface area contributed by atoms with Gasteiger partial charge in [-0.15, -0.1) is 11.3 Å². The molecule has 0 saturated carbocycles. The second kappa shape index (κ2) is 5.92. The van der Waals surface area contributed by atoms with Gasteiger partial charge in [-0.05, 0) is 23.9 Å². The molecule has 0 aliphatic carbocycles. The molecule has 0 atom stereocenters. The van der Waals surface area contributed by atoms with Crippen LogP contribution < -0.4 is 5.32 Å². The molecule has 2 aromatic rings. The van der Waals surface area contributed by atoms with Crippen LogP contribution in [0.3, 0.4) is 0 Å². The first-order valence-electron chi connectivity index (χ1n) is 6.16. The van der Waals surface area contributed by atoms with E-state index in [9.17, 15) is 14.7 Å². The number of aromatic carboxylic acids is 1. The Bertz CT molecular complexity index is 629. The third-order valence-corrected chi connectivity index (χ3v) is 3.95. The first-order chi connectivity index (χ1) is 9.49. The summed E-state index contributed by atoms with van der Waals surface area (Å²) < 4.78 is 1.70. The van der Waals surface area contributed by atoms with Gasteiger partial charge in [0.25, 0.3) is 0 Å². The van der Waals surface area contributed by atoms with Crippen LogP contribution in [0.25, 0.3) is 0 Å². The zero-order valence-corrected chi connectivity index (χ0v) is 12.2. The molecular weight excluding hydrogens is 276 g/mol. The van der Waals surface area contributed by atoms with E-state index in [-0.39, 0.29) is 17.9 Å². The van der Waals surface area contributed by atoms with Gasteiger partial charge in [-0.2, -0.15) is 0 Å². The molecule has 0 radical (unpaired) electrons. The molecule has 2 aromatic heterocycles. The van der Waals surface area contributed by atoms with Gasteiger partial charge in [0.2, 0.25) is 5.91 Å². The number of thiophene rings is 1. The zero-order valence-electron chi connectivity index (χ0n) is 11.3. The molecule has 0 bridgehead atoms. The second-order valence-corrected chi connectivity index (χ2v) is 5.61. The number of carboxylic acids is 1. The Hall–Kier alpha value is -2.08. The van der Waals surface area contributed by atoms with E-state index in [0.717, 1.165) is 4.88 Å². The number of hydrogen-bond donors (Lipinski definition) is 2. The van der Waals surface area contributed by atoms with E-state index in [2.05, 4.69) is 5.32 Å². The first-order valence-corrected chi connectivity index (χ1v) is 7.04. The molecule has 106 valence electrons. The fraction of sp³-hybridized carbons (Fsp3) is 0.286. The van der Waals surface area contributed by atoms with Crippen LogP contribution in [-0.2, 0) is 24.8 Å². The molecule has 5 nitrogen and oxygen atoms in total. The summed E-state index contributed by atoms with van der Waals surface area (Å²) in [6.45, 7) is 2.21. The molecule has 1 amide bonds. The van der Waals surface area contributed by atoms with Gasteiger partial charge in [-0.3, -0.25) is 4.79 Å². The monoisotopic (exact) mass is 292 g/mol. The Morgan fingerprint density at radius 1 is 1.45 bits per heavy atom. The Balaban J connectivity index is 2.06. The van der Waals surface area contributed by atoms with Crippen molar-refractivity contribution in [3.63, 3.8) is 0 Å². The van der Waals surface area contributed by atoms with Crippen LogP contribution in [0.1, 0.15) is 26.5 Å². The maximum Gasteiger partial charge on any atom is 0.337 e. The van der Waals surface area contributed by atoms with Crippen molar-refractivity contribution in [2.45, 2.75) is 19.9 Å². The van der Waals surface area contributed by atoms with Gasteiger partial charge >= 0.3 is 5.97 Å². The van der Waals surface area contributed by atoms with Gasteiger partial charge in [0.1, 0.15) is 0 Å². The van der Waals surface area contributed by atoms with Gasteiger partial charge in [-0.25, -0.2) is 4.79 Å². The predicted molar refractivity (Wildman–Crippen MR) is 77.0 cm³/mol. The van der Waals surface area contributed by atoms with E-state index in [1.807, 2.05) is 17.5 Å². The second-order valence-electron chi connectivity index (χ2n) is 4.58. The Morgan fingerprint density at radius 2 is 2.20 bits per heavy atom. The average Bonchev–Trinajstić information content (AvgIpc) is 2.96. The van der Waals surface area contributed by atoms with Crippen molar-refractivity contribution in [2.24, 2.45) is 7.05 Å². The highest BCUT2D eigenvalue weighted by Crippen LogP contribution is 2.17. The Morgan fingerprint density at radius 3 is 2.80 bits per heavy atom. The first kappa shape index (κ1) is 14.3. The van der Waals surface area contributed by atoms with Crippen LogP contribution in [0, 0.1) is 6.92 Å². The molecule has 0 unspecified atom stereocenters. The minimum atomic E-state index is -0.996. The van der Waals surface area contributed by atoms with E-state index in [0.29, 0.717) is 17.8 Å². The molecule has 0 aliphatic heterocycles. The summed E-state index contributed by atoms with van der Waals surface area (Å²) in [5.41, 5.74) is 1.42. The number of aryl methyl sites for hydroxylation is 2. The van der Waals surface area contributed by atoms with Crippen molar-refractivity contribution >= 4 is 23.2 Å². The van der Waals surface area contributed by atoms with Crippen LogP contribution in [0.2, 0.25) is 0 Å². The van der Waals surface area contributed by atoms with Gasteiger partial charge in [0.05, 0.1) is 18.5 Å². The molecular formula is C14H16N2O3S. The highest BCUT2D eigenvalue weighted by atomic mass is 32.1. The molecule has 20 heavy (non-hydrogen) atoms. The summed E-state index contributed by atoms with van der Waals surface area (Å²) >= 11 is 1.57. The maximum absolute atomic E-state index is 11.9. The molecule has 0 spiro atoms. The summed E-state index contributed by atoms with van der Waals surface area (Å²) in [5, 5.41) is 14.0. The van der Waals surface area contributed by atoms with Crippen LogP contribution in [-0.4, -0.2) is 21.6 Å². The van der Waals surface area contributed by atoms with Crippen molar-refractivity contribution in [3.05, 3.63) is 45.4 Å². The van der Waals surface area contributed by atoms with E-state index < -0.39 is 5.97 Å². The molecule has 0 aliphatic rings. The lowest BCUT2D eigenvalue weighted by molar-refractivity contribution is -0.120. The van der Waals surface area contributed by atoms with Gasteiger partial charge in [0, 0.05) is 23.8 Å². The van der Waals surface area contributed by atoms with Gasteiger partial charge < -0.3 is 15.0 Å². The molecule has 2 heterocycles. The lowest BCUT2D eigenvalue weighted by atomic mass is 10.1. The lowest BCUT2D eigenvalue weighted by Crippen LogP contribution is -2.25. The fourth-order valence-electron chi connectivity index (χ4n) is 2.16. The largest absolute Gasteiger partial charge is 0.478 e. The normalized spacial score (nSPS) is 10.5. The predicted octanol–water partition coefficient (Wildman–Crippen LogP) is 1.95. The number of hydrogen-bond acceptors (Lipinski definition) is 3. The Labute approximate surface area is 120 Å². The highest BCUT2D eigenvalue weighted by molar-refractivity contribution is 7.09. The van der Waals surface area contributed by atoms with Crippen LogP contribution in [0.5, 0.6) is 0 Å². The molecule has 0 fully saturated rings. The molecule has 6 heteroatoms. The van der Waals surface area contributed by atoms with E-state index in [1.165, 1.54) is 0 Å². The number of carbonyl (C=O) groups excluding carboxylic acids is 1. The average molecular weight is 292 g/mol. The summed E-state index contributed by atoms with van der Waals surface area (Å²) in [5.74, 6) is -1.17. The summed E-state index contributed by atoms with van der Waals surface area (Å²) in [6.07, 6.45) is 1.79. The smallest absolute Gasteiger partial charge is 0.337 e. The summed E-state index contributed by atoms with van der Waals surface area (Å²) in [4.78, 5) is 24.2. The lowest BCUT2D eigenvalue weighted by Gasteiger charge is -2.06. The molecule has 2 rings (SSSR count). The number of nitrogens with one attached hydrogen (secondary N) is 1. The quantitative estimate of drug-likeness (QED) is 0.885. The van der Waals surface area contributed by atoms with Crippen molar-refractivity contribution in [3.8, 4) is 0 Å². The molecule has 0 aromatic carbocycles. The SMILES string of the molecule is Cc1cn(C)c(CC(=O)NCc2cccs2)c1C(=O)O. The molecule has 2 N–H and O–H groups in total. The fourth-order valence-corrected chi connectivity index (χ4v) is 2.80. The van der Waals surface area contributed by atoms with E-state index >= 15 is 0 Å². The minimum Gasteiger partial charge on any atom is -0.478 e. The standard InChI is InChI=1S/C14H16N2O3S/c1-9-8-16(2)11(13(9)14(18)19)6-12(17)15-7-10-4-3-5-20-10/h3-5,8H,6-7H2,1-2H3,(H,15,17)(H,18,19). The Kier molecular flexibility index (Phi) is 4.24. The van der Waals surface area contributed by atoms with Crippen molar-refractivity contribution < 1.29 is 14.7 Å².